The molecule has 0 fully saturated rings. The third kappa shape index (κ3) is 3.85. The monoisotopic (exact) mass is 267 g/mol. The normalized spacial score (nSPS) is 14.4. The minimum Gasteiger partial charge on any atom is -0.403 e. The lowest BCUT2D eigenvalue weighted by atomic mass is 9.93. The molecule has 1 rings (SSSR count). The number of nitrogens with two attached hydrogens (primary N) is 1. The van der Waals surface area contributed by atoms with Crippen molar-refractivity contribution in [3.63, 3.8) is 0 Å². The number of benzene rings is 1. The maximum atomic E-state index is 13.4. The summed E-state index contributed by atoms with van der Waals surface area (Å²) >= 11 is 0. The Kier molecular flexibility index (Phi) is 3.87. The van der Waals surface area contributed by atoms with E-state index in [2.05, 4.69) is 4.74 Å². The fourth-order valence-corrected chi connectivity index (χ4v) is 1.33. The summed E-state index contributed by atoms with van der Waals surface area (Å²) in [6.45, 7) is 2.82. The van der Waals surface area contributed by atoms with E-state index < -0.39 is 29.6 Å². The van der Waals surface area contributed by atoms with Crippen LogP contribution in [-0.2, 0) is 0 Å². The van der Waals surface area contributed by atoms with Crippen LogP contribution in [0.5, 0.6) is 5.75 Å². The second kappa shape index (κ2) is 4.74. The lowest BCUT2D eigenvalue weighted by molar-refractivity contribution is -0.275. The van der Waals surface area contributed by atoms with Crippen LogP contribution in [0.1, 0.15) is 25.5 Å². The van der Waals surface area contributed by atoms with E-state index in [1.807, 2.05) is 0 Å². The smallest absolute Gasteiger partial charge is 0.403 e. The zero-order valence-electron chi connectivity index (χ0n) is 9.75. The first kappa shape index (κ1) is 14.7. The molecule has 1 unspecified atom stereocenters. The molecule has 0 bridgehead atoms. The SMILES string of the molecule is CC(C)(O)C(N)c1ccc(OC(F)(F)F)c(F)c1. The summed E-state index contributed by atoms with van der Waals surface area (Å²) in [6.07, 6.45) is -4.96. The van der Waals surface area contributed by atoms with Crippen LogP contribution >= 0.6 is 0 Å². The summed E-state index contributed by atoms with van der Waals surface area (Å²) in [5.74, 6) is -2.13. The summed E-state index contributed by atoms with van der Waals surface area (Å²) in [7, 11) is 0. The Hall–Kier alpha value is -1.34. The minimum absolute atomic E-state index is 0.175. The molecule has 0 aliphatic carbocycles. The average Bonchev–Trinajstić information content (AvgIpc) is 2.16. The van der Waals surface area contributed by atoms with Gasteiger partial charge in [0.1, 0.15) is 0 Å². The first-order chi connectivity index (χ1) is 8.00. The first-order valence-corrected chi connectivity index (χ1v) is 5.04. The Morgan fingerprint density at radius 3 is 2.22 bits per heavy atom. The van der Waals surface area contributed by atoms with Gasteiger partial charge >= 0.3 is 6.36 Å². The van der Waals surface area contributed by atoms with E-state index in [0.717, 1.165) is 12.1 Å². The van der Waals surface area contributed by atoms with Gasteiger partial charge in [-0.15, -0.1) is 13.2 Å². The second-order valence-electron chi connectivity index (χ2n) is 4.37. The van der Waals surface area contributed by atoms with Crippen LogP contribution < -0.4 is 10.5 Å². The largest absolute Gasteiger partial charge is 0.573 e. The van der Waals surface area contributed by atoms with Gasteiger partial charge < -0.3 is 15.6 Å². The third-order valence-electron chi connectivity index (χ3n) is 2.30. The van der Waals surface area contributed by atoms with Crippen molar-refractivity contribution in [1.29, 1.82) is 0 Å². The Bertz CT molecular complexity index is 426. The number of ether oxygens (including phenoxy) is 1. The highest BCUT2D eigenvalue weighted by atomic mass is 19.4. The van der Waals surface area contributed by atoms with E-state index >= 15 is 0 Å². The number of rotatable bonds is 3. The maximum absolute atomic E-state index is 13.4. The van der Waals surface area contributed by atoms with Gasteiger partial charge in [0, 0.05) is 0 Å². The molecule has 1 aromatic rings. The molecule has 0 aliphatic heterocycles. The lowest BCUT2D eigenvalue weighted by Gasteiger charge is -2.26. The van der Waals surface area contributed by atoms with E-state index in [1.165, 1.54) is 19.9 Å². The summed E-state index contributed by atoms with van der Waals surface area (Å²) < 4.78 is 52.6. The van der Waals surface area contributed by atoms with E-state index in [0.29, 0.717) is 0 Å². The summed E-state index contributed by atoms with van der Waals surface area (Å²) in [5, 5.41) is 9.63. The molecule has 0 aliphatic rings. The van der Waals surface area contributed by atoms with Gasteiger partial charge in [0.25, 0.3) is 0 Å². The van der Waals surface area contributed by atoms with Crippen molar-refractivity contribution in [2.45, 2.75) is 31.9 Å². The Morgan fingerprint density at radius 1 is 1.28 bits per heavy atom. The highest BCUT2D eigenvalue weighted by molar-refractivity contribution is 5.32. The fourth-order valence-electron chi connectivity index (χ4n) is 1.33. The molecule has 0 saturated heterocycles. The molecule has 3 nitrogen and oxygen atoms in total. The molecule has 7 heteroatoms. The quantitative estimate of drug-likeness (QED) is 0.827. The number of hydrogen-bond donors (Lipinski definition) is 2. The topological polar surface area (TPSA) is 55.5 Å². The molecular formula is C11H13F4NO2. The molecule has 0 aromatic heterocycles. The van der Waals surface area contributed by atoms with E-state index in [4.69, 9.17) is 5.73 Å². The van der Waals surface area contributed by atoms with Crippen LogP contribution in [0.3, 0.4) is 0 Å². The molecule has 3 N–H and O–H groups in total. The van der Waals surface area contributed by atoms with Crippen LogP contribution in [0.4, 0.5) is 17.6 Å². The van der Waals surface area contributed by atoms with Gasteiger partial charge in [-0.3, -0.25) is 0 Å². The van der Waals surface area contributed by atoms with Crippen molar-refractivity contribution in [2.24, 2.45) is 5.73 Å². The number of aliphatic hydroxyl groups is 1. The van der Waals surface area contributed by atoms with Gasteiger partial charge in [-0.25, -0.2) is 4.39 Å². The van der Waals surface area contributed by atoms with Crippen molar-refractivity contribution in [2.75, 3.05) is 0 Å². The standard InChI is InChI=1S/C11H13F4NO2/c1-10(2,17)9(16)6-3-4-8(7(12)5-6)18-11(13,14)15/h3-5,9,17H,16H2,1-2H3. The predicted octanol–water partition coefficient (Wildman–Crippen LogP) is 2.50. The highest BCUT2D eigenvalue weighted by Gasteiger charge is 2.33. The Balaban J connectivity index is 3.00. The van der Waals surface area contributed by atoms with Gasteiger partial charge in [0.15, 0.2) is 11.6 Å². The number of hydrogen-bond acceptors (Lipinski definition) is 3. The highest BCUT2D eigenvalue weighted by Crippen LogP contribution is 2.29. The Labute approximate surface area is 101 Å². The zero-order valence-corrected chi connectivity index (χ0v) is 9.75. The van der Waals surface area contributed by atoms with Crippen molar-refractivity contribution in [3.05, 3.63) is 29.6 Å². The van der Waals surface area contributed by atoms with Crippen LogP contribution in [0, 0.1) is 5.82 Å². The molecule has 1 aromatic carbocycles. The summed E-state index contributed by atoms with van der Waals surface area (Å²) in [6, 6.07) is 1.88. The second-order valence-corrected chi connectivity index (χ2v) is 4.37. The van der Waals surface area contributed by atoms with Crippen molar-refractivity contribution in [1.82, 2.24) is 0 Å². The first-order valence-electron chi connectivity index (χ1n) is 5.04. The molecule has 18 heavy (non-hydrogen) atoms. The molecule has 0 radical (unpaired) electrons. The number of alkyl halides is 3. The van der Waals surface area contributed by atoms with Gasteiger partial charge in [-0.2, -0.15) is 0 Å². The van der Waals surface area contributed by atoms with Crippen LogP contribution in [0.15, 0.2) is 18.2 Å². The molecule has 102 valence electrons. The van der Waals surface area contributed by atoms with E-state index in [-0.39, 0.29) is 5.56 Å². The summed E-state index contributed by atoms with van der Waals surface area (Å²) in [5.41, 5.74) is 4.49. The minimum atomic E-state index is -4.96. The van der Waals surface area contributed by atoms with Crippen LogP contribution in [-0.4, -0.2) is 17.1 Å². The molecule has 0 spiro atoms. The van der Waals surface area contributed by atoms with Crippen molar-refractivity contribution >= 4 is 0 Å². The van der Waals surface area contributed by atoms with Crippen molar-refractivity contribution < 1.29 is 27.4 Å². The summed E-state index contributed by atoms with van der Waals surface area (Å²) in [4.78, 5) is 0. The van der Waals surface area contributed by atoms with E-state index in [9.17, 15) is 22.7 Å². The molecule has 0 heterocycles. The zero-order chi connectivity index (χ0) is 14.1. The molecule has 1 atom stereocenters. The van der Waals surface area contributed by atoms with Gasteiger partial charge in [0.2, 0.25) is 0 Å². The molecule has 0 amide bonds. The van der Waals surface area contributed by atoms with Crippen LogP contribution in [0.2, 0.25) is 0 Å². The fraction of sp³-hybridized carbons (Fsp3) is 0.455. The number of halogens is 4. The predicted molar refractivity (Wildman–Crippen MR) is 56.3 cm³/mol. The molecular weight excluding hydrogens is 254 g/mol. The van der Waals surface area contributed by atoms with Crippen LogP contribution in [0.25, 0.3) is 0 Å². The maximum Gasteiger partial charge on any atom is 0.573 e. The third-order valence-corrected chi connectivity index (χ3v) is 2.30. The van der Waals surface area contributed by atoms with Gasteiger partial charge in [-0.1, -0.05) is 6.07 Å². The lowest BCUT2D eigenvalue weighted by Crippen LogP contribution is -2.35. The molecule has 0 saturated carbocycles. The Morgan fingerprint density at radius 2 is 1.83 bits per heavy atom. The van der Waals surface area contributed by atoms with Gasteiger partial charge in [0.05, 0.1) is 11.6 Å². The van der Waals surface area contributed by atoms with Gasteiger partial charge in [-0.05, 0) is 31.5 Å². The van der Waals surface area contributed by atoms with E-state index in [1.54, 1.807) is 0 Å². The average molecular weight is 267 g/mol. The van der Waals surface area contributed by atoms with Crippen molar-refractivity contribution in [3.8, 4) is 5.75 Å².